The molecular formula is C18H23NO4S. The lowest BCUT2D eigenvalue weighted by atomic mass is 9.88. The summed E-state index contributed by atoms with van der Waals surface area (Å²) in [7, 11) is 0. The zero-order valence-electron chi connectivity index (χ0n) is 13.9. The Labute approximate surface area is 145 Å². The first-order valence-corrected chi connectivity index (χ1v) is 9.69. The topological polar surface area (TPSA) is 64.6 Å². The van der Waals surface area contributed by atoms with Gasteiger partial charge < -0.3 is 14.8 Å². The fraction of sp³-hybridized carbons (Fsp3) is 0.667. The number of rotatable bonds is 4. The van der Waals surface area contributed by atoms with Crippen LogP contribution in [0.5, 0.6) is 0 Å². The monoisotopic (exact) mass is 349 g/mol. The van der Waals surface area contributed by atoms with Gasteiger partial charge in [-0.25, -0.2) is 4.79 Å². The Bertz CT molecular complexity index is 668. The van der Waals surface area contributed by atoms with Crippen molar-refractivity contribution in [3.05, 3.63) is 16.0 Å². The van der Waals surface area contributed by atoms with Gasteiger partial charge in [0.15, 0.2) is 0 Å². The molecule has 0 radical (unpaired) electrons. The summed E-state index contributed by atoms with van der Waals surface area (Å²) in [5.41, 5.74) is 1.55. The summed E-state index contributed by atoms with van der Waals surface area (Å²) in [4.78, 5) is 26.2. The number of nitrogens with one attached hydrogen (secondary N) is 1. The van der Waals surface area contributed by atoms with Crippen LogP contribution in [0.15, 0.2) is 0 Å². The molecule has 0 spiro atoms. The predicted molar refractivity (Wildman–Crippen MR) is 91.2 cm³/mol. The average Bonchev–Trinajstić information content (AvgIpc) is 3.28. The van der Waals surface area contributed by atoms with E-state index in [0.717, 1.165) is 22.8 Å². The summed E-state index contributed by atoms with van der Waals surface area (Å²) in [6.07, 6.45) is 5.33. The third kappa shape index (κ3) is 2.75. The smallest absolute Gasteiger partial charge is 0.341 e. The molecule has 24 heavy (non-hydrogen) atoms. The molecule has 1 aliphatic heterocycles. The van der Waals surface area contributed by atoms with Crippen LogP contribution in [0.25, 0.3) is 0 Å². The van der Waals surface area contributed by atoms with Gasteiger partial charge in [0, 0.05) is 10.8 Å². The molecule has 3 atom stereocenters. The van der Waals surface area contributed by atoms with Gasteiger partial charge in [0.1, 0.15) is 5.00 Å². The molecule has 0 saturated heterocycles. The number of amides is 1. The molecule has 3 unspecified atom stereocenters. The highest BCUT2D eigenvalue weighted by Crippen LogP contribution is 2.49. The third-order valence-corrected chi connectivity index (χ3v) is 6.73. The van der Waals surface area contributed by atoms with Gasteiger partial charge in [0.05, 0.1) is 25.4 Å². The number of hydrogen-bond donors (Lipinski definition) is 1. The molecular weight excluding hydrogens is 326 g/mol. The summed E-state index contributed by atoms with van der Waals surface area (Å²) in [5.74, 6) is 1.10. The summed E-state index contributed by atoms with van der Waals surface area (Å²) in [6, 6.07) is 0. The molecule has 2 saturated carbocycles. The van der Waals surface area contributed by atoms with Gasteiger partial charge >= 0.3 is 5.97 Å². The lowest BCUT2D eigenvalue weighted by Gasteiger charge is -2.20. The van der Waals surface area contributed by atoms with Crippen LogP contribution in [0.2, 0.25) is 0 Å². The van der Waals surface area contributed by atoms with Crippen LogP contribution < -0.4 is 5.32 Å². The van der Waals surface area contributed by atoms with Crippen LogP contribution in [0.4, 0.5) is 5.00 Å². The zero-order valence-corrected chi connectivity index (χ0v) is 14.7. The molecule has 3 aliphatic rings. The number of ether oxygens (including phenoxy) is 2. The van der Waals surface area contributed by atoms with E-state index >= 15 is 0 Å². The van der Waals surface area contributed by atoms with Crippen LogP contribution in [0, 0.1) is 17.8 Å². The van der Waals surface area contributed by atoms with E-state index in [1.165, 1.54) is 30.6 Å². The lowest BCUT2D eigenvalue weighted by molar-refractivity contribution is -0.121. The van der Waals surface area contributed by atoms with Crippen molar-refractivity contribution in [2.45, 2.75) is 45.6 Å². The lowest BCUT2D eigenvalue weighted by Crippen LogP contribution is -2.27. The number of thiophene rings is 1. The molecule has 6 heteroatoms. The summed E-state index contributed by atoms with van der Waals surface area (Å²) in [5, 5.41) is 3.71. The number of esters is 1. The van der Waals surface area contributed by atoms with Gasteiger partial charge in [-0.05, 0) is 50.0 Å². The zero-order chi connectivity index (χ0) is 16.7. The summed E-state index contributed by atoms with van der Waals surface area (Å²) in [6.45, 7) is 3.25. The van der Waals surface area contributed by atoms with Gasteiger partial charge in [-0.1, -0.05) is 6.42 Å². The Hall–Kier alpha value is -1.40. The normalized spacial score (nSPS) is 27.8. The fourth-order valence-corrected chi connectivity index (χ4v) is 5.69. The Morgan fingerprint density at radius 1 is 1.33 bits per heavy atom. The molecule has 1 N–H and O–H groups in total. The van der Waals surface area contributed by atoms with Crippen molar-refractivity contribution >= 4 is 28.2 Å². The third-order valence-electron chi connectivity index (χ3n) is 5.61. The molecule has 2 aliphatic carbocycles. The van der Waals surface area contributed by atoms with Crippen molar-refractivity contribution in [2.75, 3.05) is 18.5 Å². The SMILES string of the molecule is CCOC(=O)c1c(NC(=O)C2CC3CCC2C3)sc2c1CCOC2. The predicted octanol–water partition coefficient (Wildman–Crippen LogP) is 3.37. The second kappa shape index (κ2) is 6.48. The first kappa shape index (κ1) is 16.1. The number of hydrogen-bond acceptors (Lipinski definition) is 5. The standard InChI is InChI=1S/C18H23NO4S/c1-2-23-18(21)15-12-5-6-22-9-14(12)24-17(15)19-16(20)13-8-10-3-4-11(13)7-10/h10-11,13H,2-9H2,1H3,(H,19,20). The van der Waals surface area contributed by atoms with E-state index in [1.807, 2.05) is 0 Å². The Balaban J connectivity index is 1.58. The Kier molecular flexibility index (Phi) is 4.35. The van der Waals surface area contributed by atoms with Crippen LogP contribution >= 0.6 is 11.3 Å². The molecule has 130 valence electrons. The minimum absolute atomic E-state index is 0.0762. The van der Waals surface area contributed by atoms with Gasteiger partial charge in [0.2, 0.25) is 5.91 Å². The quantitative estimate of drug-likeness (QED) is 0.847. The van der Waals surface area contributed by atoms with E-state index < -0.39 is 0 Å². The molecule has 1 aromatic heterocycles. The van der Waals surface area contributed by atoms with Crippen LogP contribution in [0.1, 0.15) is 53.4 Å². The number of fused-ring (bicyclic) bond motifs is 3. The van der Waals surface area contributed by atoms with Crippen molar-refractivity contribution in [1.82, 2.24) is 0 Å². The van der Waals surface area contributed by atoms with E-state index in [-0.39, 0.29) is 17.8 Å². The van der Waals surface area contributed by atoms with Crippen molar-refractivity contribution in [3.8, 4) is 0 Å². The average molecular weight is 349 g/mol. The van der Waals surface area contributed by atoms with E-state index in [2.05, 4.69) is 5.32 Å². The van der Waals surface area contributed by atoms with Gasteiger partial charge in [0.25, 0.3) is 0 Å². The van der Waals surface area contributed by atoms with E-state index in [0.29, 0.717) is 42.7 Å². The maximum Gasteiger partial charge on any atom is 0.341 e. The fourth-order valence-electron chi connectivity index (χ4n) is 4.51. The molecule has 5 nitrogen and oxygen atoms in total. The first-order chi connectivity index (χ1) is 11.7. The van der Waals surface area contributed by atoms with Gasteiger partial charge in [-0.15, -0.1) is 11.3 Å². The van der Waals surface area contributed by atoms with Crippen molar-refractivity contribution in [1.29, 1.82) is 0 Å². The minimum Gasteiger partial charge on any atom is -0.462 e. The number of anilines is 1. The molecule has 1 amide bonds. The van der Waals surface area contributed by atoms with Crippen LogP contribution in [-0.2, 0) is 27.3 Å². The van der Waals surface area contributed by atoms with Crippen LogP contribution in [0.3, 0.4) is 0 Å². The largest absolute Gasteiger partial charge is 0.462 e. The molecule has 2 fully saturated rings. The Morgan fingerprint density at radius 2 is 2.21 bits per heavy atom. The summed E-state index contributed by atoms with van der Waals surface area (Å²) >= 11 is 1.47. The van der Waals surface area contributed by atoms with Gasteiger partial charge in [-0.3, -0.25) is 4.79 Å². The molecule has 0 aromatic carbocycles. The van der Waals surface area contributed by atoms with Crippen LogP contribution in [-0.4, -0.2) is 25.1 Å². The number of carbonyl (C=O) groups is 2. The Morgan fingerprint density at radius 3 is 2.92 bits per heavy atom. The molecule has 2 bridgehead atoms. The summed E-state index contributed by atoms with van der Waals surface area (Å²) < 4.78 is 10.7. The van der Waals surface area contributed by atoms with Crippen molar-refractivity contribution < 1.29 is 19.1 Å². The van der Waals surface area contributed by atoms with Crippen molar-refractivity contribution in [3.63, 3.8) is 0 Å². The van der Waals surface area contributed by atoms with Crippen molar-refractivity contribution in [2.24, 2.45) is 17.8 Å². The van der Waals surface area contributed by atoms with Gasteiger partial charge in [-0.2, -0.15) is 0 Å². The van der Waals surface area contributed by atoms with E-state index in [1.54, 1.807) is 6.92 Å². The van der Waals surface area contributed by atoms with E-state index in [9.17, 15) is 9.59 Å². The second-order valence-corrected chi connectivity index (χ2v) is 8.11. The second-order valence-electron chi connectivity index (χ2n) is 7.00. The molecule has 2 heterocycles. The first-order valence-electron chi connectivity index (χ1n) is 8.87. The minimum atomic E-state index is -0.333. The highest BCUT2D eigenvalue weighted by atomic mass is 32.1. The van der Waals surface area contributed by atoms with E-state index in [4.69, 9.17) is 9.47 Å². The number of carbonyl (C=O) groups excluding carboxylic acids is 2. The highest BCUT2D eigenvalue weighted by molar-refractivity contribution is 7.17. The highest BCUT2D eigenvalue weighted by Gasteiger charge is 2.43. The molecule has 4 rings (SSSR count). The maximum absolute atomic E-state index is 12.8. The molecule has 1 aromatic rings. The maximum atomic E-state index is 12.8.